The molecule has 0 fully saturated rings. The molecule has 2 amide bonds. The van der Waals surface area contributed by atoms with Crippen molar-refractivity contribution in [2.45, 2.75) is 90.1 Å². The van der Waals surface area contributed by atoms with Crippen LogP contribution >= 0.6 is 11.3 Å². The molecular weight excluding hydrogens is 524 g/mol. The third kappa shape index (κ3) is 12.1. The minimum absolute atomic E-state index is 0.163. The summed E-state index contributed by atoms with van der Waals surface area (Å²) in [6, 6.07) is 7.67. The van der Waals surface area contributed by atoms with Gasteiger partial charge in [0.15, 0.2) is 0 Å². The van der Waals surface area contributed by atoms with E-state index in [0.717, 1.165) is 53.8 Å². The number of nitrogens with two attached hydrogens (primary N) is 1. The first-order valence-electron chi connectivity index (χ1n) is 13.8. The number of nitrogens with one attached hydrogen (secondary N) is 2. The van der Waals surface area contributed by atoms with Gasteiger partial charge in [-0.1, -0.05) is 53.8 Å². The molecule has 9 nitrogen and oxygen atoms in total. The molecule has 0 saturated heterocycles. The normalized spacial score (nSPS) is 13.7. The van der Waals surface area contributed by atoms with Crippen LogP contribution in [0, 0.1) is 5.41 Å². The smallest absolute Gasteiger partial charge is 0.251 e. The van der Waals surface area contributed by atoms with Crippen molar-refractivity contribution >= 4 is 39.8 Å². The second-order valence-corrected chi connectivity index (χ2v) is 11.8. The van der Waals surface area contributed by atoms with E-state index in [-0.39, 0.29) is 30.5 Å². The van der Waals surface area contributed by atoms with E-state index in [9.17, 15) is 14.7 Å². The molecule has 0 unspecified atom stereocenters. The van der Waals surface area contributed by atoms with E-state index >= 15 is 0 Å². The van der Waals surface area contributed by atoms with Crippen LogP contribution in [0.15, 0.2) is 53.1 Å². The zero-order chi connectivity index (χ0) is 29.0. The standard InChI is InChI=1S/C30H40N6O3S/c1-30(2,39)20-23-12-8-11-22(17-23)19-27(38)34-29-36-35-28(40-29)14-7-6-13-24(31)15-16-25(32)33-26(37)18-21-9-4-3-5-10-21/h4,8-12,17,31,39H,3,5-7,13-16,18-20H2,1-2H3,(H2,32,33,37)(H,34,36,38). The fraction of sp³-hybridized carbons (Fsp3) is 0.467. The highest BCUT2D eigenvalue weighted by molar-refractivity contribution is 7.15. The lowest BCUT2D eigenvalue weighted by Gasteiger charge is -2.17. The maximum atomic E-state index is 12.5. The number of amidine groups is 1. The molecular formula is C30H40N6O3S. The zero-order valence-electron chi connectivity index (χ0n) is 23.4. The fourth-order valence-corrected chi connectivity index (χ4v) is 5.15. The predicted molar refractivity (Wildman–Crippen MR) is 161 cm³/mol. The van der Waals surface area contributed by atoms with Crippen molar-refractivity contribution < 1.29 is 14.7 Å². The summed E-state index contributed by atoms with van der Waals surface area (Å²) in [6.45, 7) is 3.52. The van der Waals surface area contributed by atoms with E-state index < -0.39 is 5.60 Å². The number of amides is 2. The number of allylic oxidation sites excluding steroid dienone is 3. The molecule has 0 spiro atoms. The van der Waals surface area contributed by atoms with Crippen molar-refractivity contribution in [3.63, 3.8) is 0 Å². The third-order valence-electron chi connectivity index (χ3n) is 6.20. The van der Waals surface area contributed by atoms with Gasteiger partial charge >= 0.3 is 0 Å². The molecule has 2 aromatic rings. The molecule has 10 heteroatoms. The van der Waals surface area contributed by atoms with E-state index in [4.69, 9.17) is 11.1 Å². The number of rotatable bonds is 15. The van der Waals surface area contributed by atoms with Gasteiger partial charge in [-0.05, 0) is 69.1 Å². The Bertz CT molecular complexity index is 1270. The van der Waals surface area contributed by atoms with Crippen LogP contribution in [0.5, 0.6) is 0 Å². The van der Waals surface area contributed by atoms with Gasteiger partial charge in [0.25, 0.3) is 5.91 Å². The monoisotopic (exact) mass is 564 g/mol. The Morgan fingerprint density at radius 1 is 1.12 bits per heavy atom. The summed E-state index contributed by atoms with van der Waals surface area (Å²) in [4.78, 5) is 28.5. The number of nitrogens with zero attached hydrogens (tertiary/aromatic N) is 3. The Hall–Kier alpha value is -3.50. The molecule has 0 saturated carbocycles. The number of hydrogen-bond donors (Lipinski definition) is 4. The highest BCUT2D eigenvalue weighted by Gasteiger charge is 2.15. The summed E-state index contributed by atoms with van der Waals surface area (Å²) in [5, 5.41) is 30.6. The van der Waals surface area contributed by atoms with Crippen LogP contribution in [-0.4, -0.2) is 44.3 Å². The van der Waals surface area contributed by atoms with Gasteiger partial charge in [-0.2, -0.15) is 0 Å². The van der Waals surface area contributed by atoms with Crippen LogP contribution in [0.3, 0.4) is 0 Å². The van der Waals surface area contributed by atoms with Crippen molar-refractivity contribution in [1.29, 1.82) is 5.41 Å². The SMILES string of the molecule is CC(C)(O)Cc1cccc(CC(=O)Nc2nnc(CCCCC(=N)CCC(N)=NC(=O)CC3=CCCC=C3)s2)c1. The number of aliphatic hydroxyl groups is 1. The van der Waals surface area contributed by atoms with Crippen molar-refractivity contribution in [1.82, 2.24) is 10.2 Å². The number of aromatic nitrogens is 2. The van der Waals surface area contributed by atoms with Gasteiger partial charge in [-0.15, -0.1) is 10.2 Å². The first kappa shape index (κ1) is 31.0. The summed E-state index contributed by atoms with van der Waals surface area (Å²) in [7, 11) is 0. The molecule has 40 heavy (non-hydrogen) atoms. The van der Waals surface area contributed by atoms with E-state index in [1.165, 1.54) is 11.3 Å². The van der Waals surface area contributed by atoms with E-state index in [2.05, 4.69) is 32.7 Å². The Morgan fingerprint density at radius 2 is 1.93 bits per heavy atom. The first-order valence-corrected chi connectivity index (χ1v) is 14.6. The molecule has 1 aromatic heterocycles. The lowest BCUT2D eigenvalue weighted by atomic mass is 9.97. The predicted octanol–water partition coefficient (Wildman–Crippen LogP) is 5.10. The van der Waals surface area contributed by atoms with Crippen LogP contribution < -0.4 is 11.1 Å². The number of carbonyl (C=O) groups excluding carboxylic acids is 2. The van der Waals surface area contributed by atoms with Gasteiger partial charge in [0.1, 0.15) is 10.8 Å². The average molecular weight is 565 g/mol. The summed E-state index contributed by atoms with van der Waals surface area (Å²) in [5.74, 6) is -0.129. The summed E-state index contributed by atoms with van der Waals surface area (Å²) in [6.07, 6.45) is 13.0. The number of hydrogen-bond acceptors (Lipinski definition) is 7. The second kappa shape index (κ2) is 15.3. The summed E-state index contributed by atoms with van der Waals surface area (Å²) >= 11 is 1.36. The van der Waals surface area contributed by atoms with Crippen molar-refractivity contribution in [3.05, 3.63) is 64.2 Å². The molecule has 214 valence electrons. The van der Waals surface area contributed by atoms with Gasteiger partial charge in [-0.25, -0.2) is 4.99 Å². The quantitative estimate of drug-likeness (QED) is 0.134. The van der Waals surface area contributed by atoms with Gasteiger partial charge in [0.05, 0.1) is 18.4 Å². The fourth-order valence-electron chi connectivity index (χ4n) is 4.35. The highest BCUT2D eigenvalue weighted by Crippen LogP contribution is 2.19. The molecule has 0 atom stereocenters. The summed E-state index contributed by atoms with van der Waals surface area (Å²) < 4.78 is 0. The number of anilines is 1. The third-order valence-corrected chi connectivity index (χ3v) is 7.10. The molecule has 1 aliphatic rings. The van der Waals surface area contributed by atoms with E-state index in [1.54, 1.807) is 13.8 Å². The molecule has 0 bridgehead atoms. The van der Waals surface area contributed by atoms with Crippen molar-refractivity contribution in [3.8, 4) is 0 Å². The largest absolute Gasteiger partial charge is 0.390 e. The second-order valence-electron chi connectivity index (χ2n) is 10.8. The van der Waals surface area contributed by atoms with Crippen LogP contribution in [-0.2, 0) is 28.9 Å². The molecule has 1 aromatic carbocycles. The Labute approximate surface area is 240 Å². The van der Waals surface area contributed by atoms with Crippen LogP contribution in [0.4, 0.5) is 5.13 Å². The highest BCUT2D eigenvalue weighted by atomic mass is 32.1. The van der Waals surface area contributed by atoms with Gasteiger partial charge < -0.3 is 21.6 Å². The van der Waals surface area contributed by atoms with Crippen molar-refractivity contribution in [2.75, 3.05) is 5.32 Å². The number of carbonyl (C=O) groups is 2. The molecule has 0 aliphatic heterocycles. The van der Waals surface area contributed by atoms with E-state index in [1.807, 2.05) is 30.3 Å². The molecule has 5 N–H and O–H groups in total. The molecule has 1 heterocycles. The average Bonchev–Trinajstić information content (AvgIpc) is 3.32. The van der Waals surface area contributed by atoms with Crippen molar-refractivity contribution in [2.24, 2.45) is 10.7 Å². The molecule has 3 rings (SSSR count). The maximum absolute atomic E-state index is 12.5. The molecule has 1 aliphatic carbocycles. The lowest BCUT2D eigenvalue weighted by molar-refractivity contribution is -0.117. The minimum Gasteiger partial charge on any atom is -0.390 e. The Kier molecular flexibility index (Phi) is 11.9. The van der Waals surface area contributed by atoms with Gasteiger partial charge in [-0.3, -0.25) is 9.59 Å². The number of unbranched alkanes of at least 4 members (excludes halogenated alkanes) is 1. The lowest BCUT2D eigenvalue weighted by Crippen LogP contribution is -2.22. The number of aryl methyl sites for hydroxylation is 1. The topological polar surface area (TPSA) is 154 Å². The van der Waals surface area contributed by atoms with Gasteiger partial charge in [0, 0.05) is 25.0 Å². The number of aliphatic imine (C=N–C) groups is 1. The Morgan fingerprint density at radius 3 is 2.67 bits per heavy atom. The Balaban J connectivity index is 1.32. The molecule has 0 radical (unpaired) electrons. The van der Waals surface area contributed by atoms with Crippen LogP contribution in [0.2, 0.25) is 0 Å². The minimum atomic E-state index is -0.807. The van der Waals surface area contributed by atoms with Crippen LogP contribution in [0.25, 0.3) is 0 Å². The maximum Gasteiger partial charge on any atom is 0.251 e. The first-order chi connectivity index (χ1) is 19.1. The van der Waals surface area contributed by atoms with Crippen LogP contribution in [0.1, 0.15) is 81.3 Å². The summed E-state index contributed by atoms with van der Waals surface area (Å²) in [5.41, 5.74) is 8.53. The van der Waals surface area contributed by atoms with E-state index in [0.29, 0.717) is 36.5 Å². The zero-order valence-corrected chi connectivity index (χ0v) is 24.2. The van der Waals surface area contributed by atoms with Gasteiger partial charge in [0.2, 0.25) is 11.0 Å². The number of benzene rings is 1.